The van der Waals surface area contributed by atoms with Crippen LogP contribution in [0.2, 0.25) is 10.0 Å². The summed E-state index contributed by atoms with van der Waals surface area (Å²) in [7, 11) is -1.76. The summed E-state index contributed by atoms with van der Waals surface area (Å²) in [4.78, 5) is 0. The van der Waals surface area contributed by atoms with Gasteiger partial charge in [0.2, 0.25) is 0 Å². The van der Waals surface area contributed by atoms with E-state index >= 15 is 0 Å². The van der Waals surface area contributed by atoms with Gasteiger partial charge < -0.3 is 14.8 Å². The second-order valence-corrected chi connectivity index (χ2v) is 4.96. The van der Waals surface area contributed by atoms with E-state index in [0.29, 0.717) is 15.6 Å². The topological polar surface area (TPSA) is 49.7 Å². The van der Waals surface area contributed by atoms with Gasteiger partial charge >= 0.3 is 7.12 Å². The summed E-state index contributed by atoms with van der Waals surface area (Å²) in [5.74, 6) is -0.452. The van der Waals surface area contributed by atoms with Crippen molar-refractivity contribution < 1.29 is 19.2 Å². The van der Waals surface area contributed by atoms with Gasteiger partial charge in [-0.05, 0) is 35.8 Å². The molecule has 0 saturated heterocycles. The molecule has 0 aliphatic carbocycles. The van der Waals surface area contributed by atoms with E-state index < -0.39 is 12.9 Å². The molecular weight excluding hydrogens is 305 g/mol. The van der Waals surface area contributed by atoms with E-state index in [0.717, 1.165) is 12.1 Å². The van der Waals surface area contributed by atoms with Gasteiger partial charge in [0.15, 0.2) is 0 Å². The zero-order valence-corrected chi connectivity index (χ0v) is 11.7. The molecule has 0 aliphatic heterocycles. The Morgan fingerprint density at radius 1 is 1.10 bits per heavy atom. The zero-order chi connectivity index (χ0) is 14.7. The molecular formula is C13H10BCl2FO3. The molecule has 3 nitrogen and oxygen atoms in total. The number of ether oxygens (including phenoxy) is 1. The molecule has 2 aromatic rings. The van der Waals surface area contributed by atoms with Gasteiger partial charge in [0.1, 0.15) is 18.2 Å². The molecule has 0 heterocycles. The molecule has 0 bridgehead atoms. The van der Waals surface area contributed by atoms with Gasteiger partial charge in [0.25, 0.3) is 0 Å². The molecule has 0 aliphatic rings. The van der Waals surface area contributed by atoms with E-state index in [1.807, 2.05) is 0 Å². The minimum Gasteiger partial charge on any atom is -0.489 e. The van der Waals surface area contributed by atoms with Crippen molar-refractivity contribution in [1.82, 2.24) is 0 Å². The highest BCUT2D eigenvalue weighted by molar-refractivity contribution is 6.58. The second kappa shape index (κ2) is 6.46. The van der Waals surface area contributed by atoms with Crippen LogP contribution in [0, 0.1) is 5.82 Å². The van der Waals surface area contributed by atoms with Gasteiger partial charge in [-0.15, -0.1) is 0 Å². The molecule has 0 aromatic heterocycles. The smallest absolute Gasteiger partial charge is 0.488 e. The minimum absolute atomic E-state index is 0.0113. The van der Waals surface area contributed by atoms with Crippen molar-refractivity contribution >= 4 is 35.8 Å². The molecule has 0 unspecified atom stereocenters. The van der Waals surface area contributed by atoms with Crippen LogP contribution >= 0.6 is 23.2 Å². The first kappa shape index (κ1) is 15.1. The molecule has 104 valence electrons. The van der Waals surface area contributed by atoms with Crippen LogP contribution in [0.5, 0.6) is 5.75 Å². The van der Waals surface area contributed by atoms with Crippen molar-refractivity contribution in [3.63, 3.8) is 0 Å². The highest BCUT2D eigenvalue weighted by Crippen LogP contribution is 2.22. The van der Waals surface area contributed by atoms with Crippen LogP contribution in [-0.4, -0.2) is 17.2 Å². The van der Waals surface area contributed by atoms with Crippen LogP contribution in [0.4, 0.5) is 4.39 Å². The first-order chi connectivity index (χ1) is 9.45. The van der Waals surface area contributed by atoms with E-state index in [1.54, 1.807) is 18.2 Å². The molecule has 2 N–H and O–H groups in total. The van der Waals surface area contributed by atoms with E-state index in [2.05, 4.69) is 0 Å². The third kappa shape index (κ3) is 3.87. The lowest BCUT2D eigenvalue weighted by atomic mass is 9.80. The van der Waals surface area contributed by atoms with Crippen LogP contribution in [0.3, 0.4) is 0 Å². The third-order valence-electron chi connectivity index (χ3n) is 2.59. The molecule has 7 heteroatoms. The molecule has 2 aromatic carbocycles. The molecule has 2 rings (SSSR count). The van der Waals surface area contributed by atoms with Gasteiger partial charge in [0.05, 0.1) is 0 Å². The summed E-state index contributed by atoms with van der Waals surface area (Å²) in [5, 5.41) is 19.1. The van der Waals surface area contributed by atoms with Gasteiger partial charge in [0, 0.05) is 21.7 Å². The predicted molar refractivity (Wildman–Crippen MR) is 77.0 cm³/mol. The maximum absolute atomic E-state index is 13.3. The number of rotatable bonds is 4. The second-order valence-electron chi connectivity index (χ2n) is 4.12. The summed E-state index contributed by atoms with van der Waals surface area (Å²) in [6.07, 6.45) is 0. The molecule has 0 saturated carbocycles. The van der Waals surface area contributed by atoms with Crippen molar-refractivity contribution in [1.29, 1.82) is 0 Å². The monoisotopic (exact) mass is 314 g/mol. The van der Waals surface area contributed by atoms with Crippen molar-refractivity contribution in [2.45, 2.75) is 6.61 Å². The van der Waals surface area contributed by atoms with Crippen LogP contribution in [-0.2, 0) is 6.61 Å². The molecule has 20 heavy (non-hydrogen) atoms. The van der Waals surface area contributed by atoms with Crippen molar-refractivity contribution in [3.8, 4) is 5.75 Å². The summed E-state index contributed by atoms with van der Waals surface area (Å²) < 4.78 is 18.7. The Labute approximate surface area is 125 Å². The van der Waals surface area contributed by atoms with Crippen LogP contribution in [0.1, 0.15) is 5.56 Å². The van der Waals surface area contributed by atoms with E-state index in [1.165, 1.54) is 6.07 Å². The lowest BCUT2D eigenvalue weighted by Crippen LogP contribution is -2.30. The highest BCUT2D eigenvalue weighted by atomic mass is 35.5. The van der Waals surface area contributed by atoms with Gasteiger partial charge in [-0.2, -0.15) is 0 Å². The highest BCUT2D eigenvalue weighted by Gasteiger charge is 2.14. The fraction of sp³-hybridized carbons (Fsp3) is 0.0769. The Kier molecular flexibility index (Phi) is 4.88. The average Bonchev–Trinajstić information content (AvgIpc) is 2.39. The first-order valence-electron chi connectivity index (χ1n) is 5.69. The first-order valence-corrected chi connectivity index (χ1v) is 6.44. The van der Waals surface area contributed by atoms with Gasteiger partial charge in [-0.25, -0.2) is 4.39 Å². The maximum atomic E-state index is 13.3. The molecule has 0 fully saturated rings. The Hall–Kier alpha value is -1.27. The largest absolute Gasteiger partial charge is 0.489 e. The summed E-state index contributed by atoms with van der Waals surface area (Å²) >= 11 is 11.8. The minimum atomic E-state index is -1.76. The number of hydrogen-bond acceptors (Lipinski definition) is 3. The Bertz CT molecular complexity index is 623. The van der Waals surface area contributed by atoms with E-state index in [9.17, 15) is 4.39 Å². The number of hydrogen-bond donors (Lipinski definition) is 2. The number of benzene rings is 2. The predicted octanol–water partition coefficient (Wildman–Crippen LogP) is 2.39. The Balaban J connectivity index is 2.16. The maximum Gasteiger partial charge on any atom is 0.488 e. The SMILES string of the molecule is OB(O)c1cc(F)cc(OCc2cc(Cl)ccc2Cl)c1. The Morgan fingerprint density at radius 3 is 2.55 bits per heavy atom. The van der Waals surface area contributed by atoms with Gasteiger partial charge in [-0.3, -0.25) is 0 Å². The lowest BCUT2D eigenvalue weighted by molar-refractivity contribution is 0.304. The summed E-state index contributed by atoms with van der Waals surface area (Å²) in [5.41, 5.74) is 0.659. The molecule has 0 spiro atoms. The van der Waals surface area contributed by atoms with E-state index in [-0.39, 0.29) is 17.8 Å². The number of halogens is 3. The van der Waals surface area contributed by atoms with Crippen LogP contribution in [0.25, 0.3) is 0 Å². The summed E-state index contributed by atoms with van der Waals surface area (Å²) in [6, 6.07) is 8.43. The fourth-order valence-corrected chi connectivity index (χ4v) is 2.00. The van der Waals surface area contributed by atoms with Gasteiger partial charge in [-0.1, -0.05) is 23.2 Å². The fourth-order valence-electron chi connectivity index (χ4n) is 1.63. The van der Waals surface area contributed by atoms with Crippen molar-refractivity contribution in [2.75, 3.05) is 0 Å². The standard InChI is InChI=1S/C13H10BCl2FO3/c15-10-1-2-13(16)8(3-10)7-20-12-5-9(14(18)19)4-11(17)6-12/h1-6,18-19H,7H2. The van der Waals surface area contributed by atoms with Crippen LogP contribution in [0.15, 0.2) is 36.4 Å². The van der Waals surface area contributed by atoms with Crippen LogP contribution < -0.4 is 10.2 Å². The lowest BCUT2D eigenvalue weighted by Gasteiger charge is -2.10. The third-order valence-corrected chi connectivity index (χ3v) is 3.20. The van der Waals surface area contributed by atoms with E-state index in [4.69, 9.17) is 38.0 Å². The van der Waals surface area contributed by atoms with Crippen molar-refractivity contribution in [3.05, 3.63) is 57.8 Å². The quantitative estimate of drug-likeness (QED) is 0.852. The Morgan fingerprint density at radius 2 is 1.85 bits per heavy atom. The summed E-state index contributed by atoms with van der Waals surface area (Å²) in [6.45, 7) is 0.0871. The zero-order valence-electron chi connectivity index (χ0n) is 10.2. The molecule has 0 atom stereocenters. The van der Waals surface area contributed by atoms with Crippen molar-refractivity contribution in [2.24, 2.45) is 0 Å². The average molecular weight is 315 g/mol. The normalized spacial score (nSPS) is 10.4. The molecule has 0 radical (unpaired) electrons. The molecule has 0 amide bonds.